The van der Waals surface area contributed by atoms with Gasteiger partial charge in [0, 0.05) is 0 Å². The average Bonchev–Trinajstić information content (AvgIpc) is 2.36. The van der Waals surface area contributed by atoms with E-state index in [2.05, 4.69) is 21.1 Å². The van der Waals surface area contributed by atoms with E-state index in [9.17, 15) is 4.79 Å². The minimum atomic E-state index is -0.251. The number of rotatable bonds is 4. The smallest absolute Gasteiger partial charge is 0.338 e. The van der Waals surface area contributed by atoms with Crippen molar-refractivity contribution in [2.75, 3.05) is 34.3 Å². The number of likely N-dealkylation sites (N-methyl/N-ethyl adjacent to an activating group) is 1. The molecule has 2 aromatic carbocycles. The summed E-state index contributed by atoms with van der Waals surface area (Å²) in [5.41, 5.74) is 0.611. The summed E-state index contributed by atoms with van der Waals surface area (Å²) in [5.74, 6) is -0.251. The first-order valence-corrected chi connectivity index (χ1v) is 6.42. The molecule has 0 saturated heterocycles. The fraction of sp³-hybridized carbons (Fsp3) is 0.312. The third-order valence-corrected chi connectivity index (χ3v) is 2.98. The number of quaternary nitrogens is 1. The van der Waals surface area contributed by atoms with Crippen LogP contribution < -0.4 is 24.0 Å². The number of fused-ring (bicyclic) bond motifs is 1. The summed E-state index contributed by atoms with van der Waals surface area (Å²) in [6.45, 7) is 1.24. The van der Waals surface area contributed by atoms with Gasteiger partial charge in [0.15, 0.2) is 0 Å². The van der Waals surface area contributed by atoms with E-state index in [1.807, 2.05) is 42.5 Å². The summed E-state index contributed by atoms with van der Waals surface area (Å²) < 4.78 is 6.08. The first-order chi connectivity index (χ1) is 8.96. The monoisotopic (exact) mass is 385 g/mol. The molecule has 0 aliphatic carbocycles. The molecule has 0 spiro atoms. The number of hydrogen-bond acceptors (Lipinski definition) is 2. The molecule has 0 fully saturated rings. The van der Waals surface area contributed by atoms with Crippen molar-refractivity contribution in [3.8, 4) is 0 Å². The van der Waals surface area contributed by atoms with Crippen LogP contribution >= 0.6 is 0 Å². The highest BCUT2D eigenvalue weighted by Gasteiger charge is 2.11. The zero-order valence-corrected chi connectivity index (χ0v) is 14.3. The summed E-state index contributed by atoms with van der Waals surface area (Å²) in [4.78, 5) is 11.9. The molecule has 0 aliphatic rings. The molecular weight excluding hydrogens is 365 g/mol. The minimum absolute atomic E-state index is 0. The van der Waals surface area contributed by atoms with E-state index in [1.165, 1.54) is 0 Å². The van der Waals surface area contributed by atoms with E-state index in [-0.39, 0.29) is 29.9 Å². The number of hydrogen-bond donors (Lipinski definition) is 0. The Morgan fingerprint density at radius 3 is 2.35 bits per heavy atom. The molecule has 0 aromatic heterocycles. The van der Waals surface area contributed by atoms with Crippen LogP contribution in [0.2, 0.25) is 0 Å². The first kappa shape index (κ1) is 16.9. The second kappa shape index (κ2) is 7.04. The Morgan fingerprint density at radius 2 is 1.70 bits per heavy atom. The van der Waals surface area contributed by atoms with Gasteiger partial charge >= 0.3 is 5.97 Å². The molecule has 2 aromatic rings. The molecule has 108 valence electrons. The predicted octanol–water partition coefficient (Wildman–Crippen LogP) is -0.293. The molecule has 3 nitrogen and oxygen atoms in total. The zero-order valence-electron chi connectivity index (χ0n) is 12.1. The average molecular weight is 385 g/mol. The molecule has 2 rings (SSSR count). The van der Waals surface area contributed by atoms with Crippen molar-refractivity contribution in [3.63, 3.8) is 0 Å². The zero-order chi connectivity index (χ0) is 13.9. The number of benzene rings is 2. The van der Waals surface area contributed by atoms with Crippen molar-refractivity contribution in [1.29, 1.82) is 0 Å². The van der Waals surface area contributed by atoms with Gasteiger partial charge in [0.25, 0.3) is 0 Å². The van der Waals surface area contributed by atoms with Gasteiger partial charge in [0.2, 0.25) is 0 Å². The normalized spacial score (nSPS) is 10.9. The van der Waals surface area contributed by atoms with Gasteiger partial charge < -0.3 is 33.2 Å². The summed E-state index contributed by atoms with van der Waals surface area (Å²) in [7, 11) is 6.22. The lowest BCUT2D eigenvalue weighted by Crippen LogP contribution is -3.00. The van der Waals surface area contributed by atoms with Crippen LogP contribution in [-0.2, 0) is 4.74 Å². The van der Waals surface area contributed by atoms with Crippen LogP contribution in [0.25, 0.3) is 10.8 Å². The maximum Gasteiger partial charge on any atom is 0.338 e. The van der Waals surface area contributed by atoms with Crippen LogP contribution in [0.4, 0.5) is 0 Å². The van der Waals surface area contributed by atoms with E-state index in [1.54, 1.807) is 0 Å². The molecule has 0 amide bonds. The molecule has 0 bridgehead atoms. The van der Waals surface area contributed by atoms with Gasteiger partial charge in [-0.15, -0.1) is 0 Å². The Bertz CT molecular complexity index is 590. The minimum Gasteiger partial charge on any atom is -1.00 e. The maximum absolute atomic E-state index is 11.9. The van der Waals surface area contributed by atoms with Crippen LogP contribution in [0.3, 0.4) is 0 Å². The Kier molecular flexibility index (Phi) is 5.95. The second-order valence-corrected chi connectivity index (χ2v) is 5.71. The van der Waals surface area contributed by atoms with Crippen molar-refractivity contribution < 1.29 is 38.0 Å². The standard InChI is InChI=1S/C16H20NO2.HI/c1-17(2,3)10-11-19-16(18)15-9-8-13-6-4-5-7-14(13)12-15;/h4-9,12H,10-11H2,1-3H3;1H/q+1;/p-1. The summed E-state index contributed by atoms with van der Waals surface area (Å²) in [6.07, 6.45) is 0. The largest absolute Gasteiger partial charge is 1.00 e. The first-order valence-electron chi connectivity index (χ1n) is 6.42. The lowest BCUT2D eigenvalue weighted by molar-refractivity contribution is -0.870. The number of esters is 1. The summed E-state index contributed by atoms with van der Waals surface area (Å²) in [5, 5.41) is 2.19. The highest BCUT2D eigenvalue weighted by Crippen LogP contribution is 2.16. The summed E-state index contributed by atoms with van der Waals surface area (Å²) >= 11 is 0. The molecule has 0 unspecified atom stereocenters. The predicted molar refractivity (Wildman–Crippen MR) is 77.1 cm³/mol. The van der Waals surface area contributed by atoms with Gasteiger partial charge in [-0.3, -0.25) is 0 Å². The van der Waals surface area contributed by atoms with Gasteiger partial charge in [0.05, 0.1) is 26.7 Å². The fourth-order valence-corrected chi connectivity index (χ4v) is 1.81. The van der Waals surface area contributed by atoms with Gasteiger partial charge in [-0.25, -0.2) is 4.79 Å². The molecule has 4 heteroatoms. The van der Waals surface area contributed by atoms with Gasteiger partial charge in [-0.1, -0.05) is 30.3 Å². The van der Waals surface area contributed by atoms with Crippen LogP contribution in [-0.4, -0.2) is 44.7 Å². The van der Waals surface area contributed by atoms with E-state index in [4.69, 9.17) is 4.74 Å². The summed E-state index contributed by atoms with van der Waals surface area (Å²) in [6, 6.07) is 13.6. The third-order valence-electron chi connectivity index (χ3n) is 2.98. The topological polar surface area (TPSA) is 26.3 Å². The lowest BCUT2D eigenvalue weighted by Gasteiger charge is -2.23. The van der Waals surface area contributed by atoms with E-state index >= 15 is 0 Å². The third kappa shape index (κ3) is 4.76. The molecule has 0 N–H and O–H groups in total. The van der Waals surface area contributed by atoms with Crippen molar-refractivity contribution in [2.45, 2.75) is 0 Å². The number of halogens is 1. The maximum atomic E-state index is 11.9. The van der Waals surface area contributed by atoms with Crippen molar-refractivity contribution >= 4 is 16.7 Å². The van der Waals surface area contributed by atoms with Gasteiger partial charge in [-0.2, -0.15) is 0 Å². The Balaban J connectivity index is 0.00000200. The van der Waals surface area contributed by atoms with Gasteiger partial charge in [0.1, 0.15) is 13.2 Å². The number of carbonyl (C=O) groups is 1. The fourth-order valence-electron chi connectivity index (χ4n) is 1.81. The number of nitrogens with zero attached hydrogens (tertiary/aromatic N) is 1. The molecule has 0 aliphatic heterocycles. The van der Waals surface area contributed by atoms with Crippen molar-refractivity contribution in [2.24, 2.45) is 0 Å². The van der Waals surface area contributed by atoms with Crippen molar-refractivity contribution in [1.82, 2.24) is 0 Å². The molecule has 0 radical (unpaired) electrons. The van der Waals surface area contributed by atoms with Gasteiger partial charge in [-0.05, 0) is 22.9 Å². The molecule has 20 heavy (non-hydrogen) atoms. The highest BCUT2D eigenvalue weighted by molar-refractivity contribution is 5.95. The van der Waals surface area contributed by atoms with Crippen LogP contribution in [0.15, 0.2) is 42.5 Å². The highest BCUT2D eigenvalue weighted by atomic mass is 127. The van der Waals surface area contributed by atoms with E-state index < -0.39 is 0 Å². The van der Waals surface area contributed by atoms with E-state index in [0.717, 1.165) is 21.8 Å². The van der Waals surface area contributed by atoms with Crippen LogP contribution in [0, 0.1) is 0 Å². The van der Waals surface area contributed by atoms with Crippen LogP contribution in [0.1, 0.15) is 10.4 Å². The molecule has 0 atom stereocenters. The Morgan fingerprint density at radius 1 is 1.05 bits per heavy atom. The molecular formula is C16H20INO2. The van der Waals surface area contributed by atoms with Crippen molar-refractivity contribution in [3.05, 3.63) is 48.0 Å². The quantitative estimate of drug-likeness (QED) is 0.411. The molecule has 0 saturated carbocycles. The Hall–Kier alpha value is -1.14. The lowest BCUT2D eigenvalue weighted by atomic mass is 10.1. The van der Waals surface area contributed by atoms with E-state index in [0.29, 0.717) is 12.2 Å². The SMILES string of the molecule is C[N+](C)(C)CCOC(=O)c1ccc2ccccc2c1.[I-]. The second-order valence-electron chi connectivity index (χ2n) is 5.71. The number of ether oxygens (including phenoxy) is 1. The number of carbonyl (C=O) groups excluding carboxylic acids is 1. The van der Waals surface area contributed by atoms with Crippen LogP contribution in [0.5, 0.6) is 0 Å². The molecule has 0 heterocycles. The Labute approximate surface area is 137 Å².